The summed E-state index contributed by atoms with van der Waals surface area (Å²) in [5.41, 5.74) is 9.47. The van der Waals surface area contributed by atoms with E-state index in [1.54, 1.807) is 0 Å². The van der Waals surface area contributed by atoms with Crippen molar-refractivity contribution in [3.8, 4) is 0 Å². The van der Waals surface area contributed by atoms with Crippen LogP contribution in [-0.2, 0) is 6.54 Å². The first-order valence-corrected chi connectivity index (χ1v) is 7.43. The molecule has 1 heterocycles. The zero-order valence-electron chi connectivity index (χ0n) is 12.7. The van der Waals surface area contributed by atoms with Crippen molar-refractivity contribution in [1.82, 2.24) is 4.98 Å². The van der Waals surface area contributed by atoms with Crippen LogP contribution in [0.25, 0.3) is 0 Å². The van der Waals surface area contributed by atoms with Crippen LogP contribution in [0.3, 0.4) is 0 Å². The monoisotopic (exact) mass is 261 g/mol. The third kappa shape index (κ3) is 3.08. The molecule has 1 aromatic rings. The van der Waals surface area contributed by atoms with Crippen LogP contribution in [0.5, 0.6) is 0 Å². The Morgan fingerprint density at radius 1 is 1.26 bits per heavy atom. The van der Waals surface area contributed by atoms with Gasteiger partial charge < -0.3 is 10.6 Å². The Morgan fingerprint density at radius 2 is 1.89 bits per heavy atom. The molecular weight excluding hydrogens is 234 g/mol. The second kappa shape index (κ2) is 5.91. The van der Waals surface area contributed by atoms with Gasteiger partial charge in [-0.3, -0.25) is 0 Å². The van der Waals surface area contributed by atoms with Crippen LogP contribution in [0.2, 0.25) is 0 Å². The molecule has 0 bridgehead atoms. The molecule has 0 radical (unpaired) electrons. The van der Waals surface area contributed by atoms with Gasteiger partial charge in [-0.05, 0) is 57.1 Å². The van der Waals surface area contributed by atoms with Crippen LogP contribution in [0, 0.1) is 19.8 Å². The van der Waals surface area contributed by atoms with Gasteiger partial charge in [-0.1, -0.05) is 6.92 Å². The van der Waals surface area contributed by atoms with Crippen molar-refractivity contribution in [2.45, 2.75) is 59.0 Å². The Labute approximate surface area is 117 Å². The van der Waals surface area contributed by atoms with Crippen molar-refractivity contribution in [3.63, 3.8) is 0 Å². The van der Waals surface area contributed by atoms with Gasteiger partial charge in [0.1, 0.15) is 5.82 Å². The molecule has 0 aliphatic heterocycles. The van der Waals surface area contributed by atoms with E-state index in [0.29, 0.717) is 12.6 Å². The highest BCUT2D eigenvalue weighted by Crippen LogP contribution is 2.31. The number of aromatic nitrogens is 1. The lowest BCUT2D eigenvalue weighted by Crippen LogP contribution is -2.36. The van der Waals surface area contributed by atoms with Gasteiger partial charge in [0.2, 0.25) is 0 Å². The molecule has 1 aliphatic rings. The highest BCUT2D eigenvalue weighted by atomic mass is 15.2. The molecule has 2 rings (SSSR count). The lowest BCUT2D eigenvalue weighted by molar-refractivity contribution is 0.339. The van der Waals surface area contributed by atoms with E-state index >= 15 is 0 Å². The van der Waals surface area contributed by atoms with Gasteiger partial charge in [-0.15, -0.1) is 0 Å². The molecule has 106 valence electrons. The minimum absolute atomic E-state index is 0.571. The molecule has 1 aromatic heterocycles. The quantitative estimate of drug-likeness (QED) is 0.908. The second-order valence-electron chi connectivity index (χ2n) is 6.11. The molecule has 3 heteroatoms. The van der Waals surface area contributed by atoms with Gasteiger partial charge in [0.05, 0.1) is 0 Å². The van der Waals surface area contributed by atoms with E-state index in [2.05, 4.69) is 38.8 Å². The zero-order valence-corrected chi connectivity index (χ0v) is 12.7. The largest absolute Gasteiger partial charge is 0.356 e. The van der Waals surface area contributed by atoms with E-state index in [-0.39, 0.29) is 0 Å². The normalized spacial score (nSPS) is 23.4. The van der Waals surface area contributed by atoms with Crippen LogP contribution in [0.1, 0.15) is 49.4 Å². The number of anilines is 1. The van der Waals surface area contributed by atoms with Crippen molar-refractivity contribution in [2.75, 3.05) is 11.9 Å². The van der Waals surface area contributed by atoms with E-state index < -0.39 is 0 Å². The van der Waals surface area contributed by atoms with E-state index in [1.807, 2.05) is 0 Å². The van der Waals surface area contributed by atoms with Crippen LogP contribution >= 0.6 is 0 Å². The minimum atomic E-state index is 0.571. The standard InChI is InChI=1S/C16H27N3/c1-11-5-7-14(8-6-11)19(4)16-15(10-17)12(2)9-13(3)18-16/h9,11,14H,5-8,10,17H2,1-4H3. The predicted molar refractivity (Wildman–Crippen MR) is 81.4 cm³/mol. The molecule has 1 saturated carbocycles. The molecular formula is C16H27N3. The van der Waals surface area contributed by atoms with E-state index in [4.69, 9.17) is 10.7 Å². The first kappa shape index (κ1) is 14.3. The second-order valence-corrected chi connectivity index (χ2v) is 6.11. The number of hydrogen-bond acceptors (Lipinski definition) is 3. The summed E-state index contributed by atoms with van der Waals surface area (Å²) in [6.07, 6.45) is 5.21. The Morgan fingerprint density at radius 3 is 2.47 bits per heavy atom. The van der Waals surface area contributed by atoms with Gasteiger partial charge in [0.25, 0.3) is 0 Å². The van der Waals surface area contributed by atoms with E-state index in [1.165, 1.54) is 36.8 Å². The lowest BCUT2D eigenvalue weighted by atomic mass is 9.86. The van der Waals surface area contributed by atoms with Crippen LogP contribution in [0.15, 0.2) is 6.07 Å². The summed E-state index contributed by atoms with van der Waals surface area (Å²) in [7, 11) is 2.18. The Bertz CT molecular complexity index is 434. The SMILES string of the molecule is Cc1cc(C)c(CN)c(N(C)C2CCC(C)CC2)n1. The first-order chi connectivity index (χ1) is 9.02. The van der Waals surface area contributed by atoms with Gasteiger partial charge in [0, 0.05) is 30.9 Å². The third-order valence-corrected chi connectivity index (χ3v) is 4.52. The van der Waals surface area contributed by atoms with Crippen molar-refractivity contribution in [3.05, 3.63) is 22.9 Å². The Kier molecular flexibility index (Phi) is 4.46. The maximum atomic E-state index is 5.92. The Balaban J connectivity index is 2.25. The summed E-state index contributed by atoms with van der Waals surface area (Å²) in [5, 5.41) is 0. The zero-order chi connectivity index (χ0) is 14.0. The Hall–Kier alpha value is -1.09. The molecule has 1 aliphatic carbocycles. The average molecular weight is 261 g/mol. The summed E-state index contributed by atoms with van der Waals surface area (Å²) in [6, 6.07) is 2.75. The van der Waals surface area contributed by atoms with Gasteiger partial charge in [0.15, 0.2) is 0 Å². The molecule has 0 unspecified atom stereocenters. The highest BCUT2D eigenvalue weighted by Gasteiger charge is 2.24. The first-order valence-electron chi connectivity index (χ1n) is 7.43. The number of nitrogens with two attached hydrogens (primary N) is 1. The van der Waals surface area contributed by atoms with Crippen LogP contribution in [0.4, 0.5) is 5.82 Å². The predicted octanol–water partition coefficient (Wildman–Crippen LogP) is 3.17. The number of hydrogen-bond donors (Lipinski definition) is 1. The van der Waals surface area contributed by atoms with Crippen LogP contribution in [-0.4, -0.2) is 18.1 Å². The van der Waals surface area contributed by atoms with Crippen molar-refractivity contribution >= 4 is 5.82 Å². The highest BCUT2D eigenvalue weighted by molar-refractivity contribution is 5.51. The summed E-state index contributed by atoms with van der Waals surface area (Å²) >= 11 is 0. The summed E-state index contributed by atoms with van der Waals surface area (Å²) < 4.78 is 0. The molecule has 0 aromatic carbocycles. The van der Waals surface area contributed by atoms with Gasteiger partial charge in [-0.25, -0.2) is 4.98 Å². The fraction of sp³-hybridized carbons (Fsp3) is 0.688. The molecule has 1 fully saturated rings. The summed E-state index contributed by atoms with van der Waals surface area (Å²) in [6.45, 7) is 7.13. The number of pyridine rings is 1. The van der Waals surface area contributed by atoms with Crippen molar-refractivity contribution in [1.29, 1.82) is 0 Å². The maximum Gasteiger partial charge on any atom is 0.133 e. The lowest BCUT2D eigenvalue weighted by Gasteiger charge is -2.35. The van der Waals surface area contributed by atoms with E-state index in [9.17, 15) is 0 Å². The van der Waals surface area contributed by atoms with Crippen LogP contribution < -0.4 is 10.6 Å². The maximum absolute atomic E-state index is 5.92. The van der Waals surface area contributed by atoms with Crippen molar-refractivity contribution < 1.29 is 0 Å². The molecule has 19 heavy (non-hydrogen) atoms. The summed E-state index contributed by atoms with van der Waals surface area (Å²) in [5.74, 6) is 1.98. The molecule has 2 N–H and O–H groups in total. The number of nitrogens with zero attached hydrogens (tertiary/aromatic N) is 2. The minimum Gasteiger partial charge on any atom is -0.356 e. The fourth-order valence-corrected chi connectivity index (χ4v) is 3.19. The smallest absolute Gasteiger partial charge is 0.133 e. The molecule has 3 nitrogen and oxygen atoms in total. The average Bonchev–Trinajstić information content (AvgIpc) is 2.38. The molecule has 0 amide bonds. The fourth-order valence-electron chi connectivity index (χ4n) is 3.19. The number of aryl methyl sites for hydroxylation is 2. The van der Waals surface area contributed by atoms with Crippen molar-refractivity contribution in [2.24, 2.45) is 11.7 Å². The molecule has 0 spiro atoms. The third-order valence-electron chi connectivity index (χ3n) is 4.52. The molecule has 0 atom stereocenters. The molecule has 0 saturated heterocycles. The van der Waals surface area contributed by atoms with Gasteiger partial charge in [-0.2, -0.15) is 0 Å². The topological polar surface area (TPSA) is 42.1 Å². The number of rotatable bonds is 3. The van der Waals surface area contributed by atoms with Gasteiger partial charge >= 0.3 is 0 Å². The van der Waals surface area contributed by atoms with E-state index in [0.717, 1.165) is 17.4 Å². The summed E-state index contributed by atoms with van der Waals surface area (Å²) in [4.78, 5) is 7.11.